The number of hydrogen-bond acceptors (Lipinski definition) is 4. The molecule has 2 aromatic carbocycles. The third-order valence-corrected chi connectivity index (χ3v) is 6.32. The van der Waals surface area contributed by atoms with Crippen molar-refractivity contribution in [3.63, 3.8) is 0 Å². The van der Waals surface area contributed by atoms with Crippen molar-refractivity contribution in [3.8, 4) is 0 Å². The van der Waals surface area contributed by atoms with E-state index in [1.807, 2.05) is 44.2 Å². The molecule has 164 valence electrons. The van der Waals surface area contributed by atoms with Crippen LogP contribution in [0.25, 0.3) is 11.1 Å². The smallest absolute Gasteiger partial charge is 0.323 e. The number of hydrogen-bond donors (Lipinski definition) is 3. The highest BCUT2D eigenvalue weighted by Crippen LogP contribution is 2.44. The second-order valence-electron chi connectivity index (χ2n) is 8.99. The van der Waals surface area contributed by atoms with Crippen LogP contribution in [-0.2, 0) is 20.9 Å². The molecular formula is C25H23FN2O4. The molecule has 1 fully saturated rings. The monoisotopic (exact) mass is 434 g/mol. The first-order valence-corrected chi connectivity index (χ1v) is 10.5. The lowest BCUT2D eigenvalue weighted by molar-refractivity contribution is -0.140. The Bertz CT molecular complexity index is 1210. The lowest BCUT2D eigenvalue weighted by Gasteiger charge is -2.23. The molecule has 1 aliphatic carbocycles. The normalized spacial score (nSPS) is 22.1. The van der Waals surface area contributed by atoms with E-state index in [1.165, 1.54) is 12.1 Å². The van der Waals surface area contributed by atoms with E-state index in [4.69, 9.17) is 4.74 Å². The Morgan fingerprint density at radius 1 is 1.19 bits per heavy atom. The van der Waals surface area contributed by atoms with Gasteiger partial charge in [-0.2, -0.15) is 0 Å². The molecule has 0 atom stereocenters. The molecule has 1 saturated carbocycles. The number of carboxylic acid groups (broad SMARTS) is 1. The minimum absolute atomic E-state index is 0.317. The summed E-state index contributed by atoms with van der Waals surface area (Å²) >= 11 is 0. The van der Waals surface area contributed by atoms with Gasteiger partial charge in [-0.05, 0) is 62.1 Å². The van der Waals surface area contributed by atoms with Crippen LogP contribution in [0.1, 0.15) is 43.4 Å². The van der Waals surface area contributed by atoms with Crippen molar-refractivity contribution in [2.24, 2.45) is 0 Å². The molecule has 0 spiro atoms. The molecule has 7 heteroatoms. The molecule has 2 aliphatic heterocycles. The zero-order valence-corrected chi connectivity index (χ0v) is 17.8. The highest BCUT2D eigenvalue weighted by atomic mass is 19.1. The van der Waals surface area contributed by atoms with Crippen LogP contribution >= 0.6 is 0 Å². The standard InChI is InChI=1S/C25H23FN2O4/c1-24(2)18(15-5-3-14(4-6-15)13-27-25(9-10-25)23(30)31)12-20(32-24)21-17-11-16(26)7-8-19(17)28-22(21)29/h3-8,11-12,27H,9-10,13H2,1-2H3,(H,28,29)(H,30,31). The second-order valence-corrected chi connectivity index (χ2v) is 8.99. The zero-order valence-electron chi connectivity index (χ0n) is 17.8. The summed E-state index contributed by atoms with van der Waals surface area (Å²) in [6.45, 7) is 4.32. The van der Waals surface area contributed by atoms with E-state index in [0.717, 1.165) is 16.7 Å². The Morgan fingerprint density at radius 3 is 2.56 bits per heavy atom. The number of halogens is 1. The highest BCUT2D eigenvalue weighted by Gasteiger charge is 2.49. The van der Waals surface area contributed by atoms with Crippen molar-refractivity contribution in [3.05, 3.63) is 76.8 Å². The van der Waals surface area contributed by atoms with Gasteiger partial charge in [-0.15, -0.1) is 0 Å². The summed E-state index contributed by atoms with van der Waals surface area (Å²) in [6.07, 6.45) is 3.14. The van der Waals surface area contributed by atoms with Crippen LogP contribution < -0.4 is 10.6 Å². The summed E-state index contributed by atoms with van der Waals surface area (Å²) in [6, 6.07) is 12.0. The average Bonchev–Trinajstić information content (AvgIpc) is 3.38. The number of nitrogens with one attached hydrogen (secondary N) is 2. The minimum atomic E-state index is -0.804. The minimum Gasteiger partial charge on any atom is -0.482 e. The first-order valence-electron chi connectivity index (χ1n) is 10.5. The predicted molar refractivity (Wildman–Crippen MR) is 118 cm³/mol. The molecule has 0 unspecified atom stereocenters. The molecule has 2 aromatic rings. The molecule has 3 N–H and O–H groups in total. The van der Waals surface area contributed by atoms with Crippen molar-refractivity contribution in [2.75, 3.05) is 5.32 Å². The molecule has 1 amide bonds. The second kappa shape index (κ2) is 7.03. The largest absolute Gasteiger partial charge is 0.482 e. The fourth-order valence-electron chi connectivity index (χ4n) is 4.27. The topological polar surface area (TPSA) is 87.7 Å². The van der Waals surface area contributed by atoms with Gasteiger partial charge in [-0.1, -0.05) is 24.3 Å². The van der Waals surface area contributed by atoms with E-state index in [1.54, 1.807) is 6.07 Å². The SMILES string of the molecule is CC1(C)OC(=C2C(=O)Nc3ccc(F)cc32)C=C1c1ccc(CNC2(C(=O)O)CC2)cc1. The number of carbonyl (C=O) groups excluding carboxylic acids is 1. The first kappa shape index (κ1) is 20.5. The highest BCUT2D eigenvalue weighted by molar-refractivity contribution is 6.32. The van der Waals surface area contributed by atoms with Crippen molar-refractivity contribution >= 4 is 28.7 Å². The fraction of sp³-hybridized carbons (Fsp3) is 0.280. The van der Waals surface area contributed by atoms with Crippen LogP contribution in [0.15, 0.2) is 54.3 Å². The van der Waals surface area contributed by atoms with Gasteiger partial charge in [-0.25, -0.2) is 4.39 Å². The first-order chi connectivity index (χ1) is 15.2. The Hall–Kier alpha value is -3.45. The molecule has 0 aromatic heterocycles. The zero-order chi connectivity index (χ0) is 22.7. The van der Waals surface area contributed by atoms with Gasteiger partial charge in [0.2, 0.25) is 0 Å². The van der Waals surface area contributed by atoms with Crippen LogP contribution in [0.4, 0.5) is 10.1 Å². The number of allylic oxidation sites excluding steroid dienone is 1. The molecular weight excluding hydrogens is 411 g/mol. The summed E-state index contributed by atoms with van der Waals surface area (Å²) in [5.74, 6) is -1.13. The Morgan fingerprint density at radius 2 is 1.91 bits per heavy atom. The summed E-state index contributed by atoms with van der Waals surface area (Å²) in [4.78, 5) is 23.9. The number of amides is 1. The maximum Gasteiger partial charge on any atom is 0.323 e. The molecule has 5 rings (SSSR count). The number of benzene rings is 2. The van der Waals surface area contributed by atoms with Crippen molar-refractivity contribution in [1.29, 1.82) is 0 Å². The number of carboxylic acids is 1. The van der Waals surface area contributed by atoms with Gasteiger partial charge in [-0.3, -0.25) is 14.9 Å². The molecule has 6 nitrogen and oxygen atoms in total. The predicted octanol–water partition coefficient (Wildman–Crippen LogP) is 4.09. The number of anilines is 1. The van der Waals surface area contributed by atoms with Gasteiger partial charge < -0.3 is 15.2 Å². The Labute approximate surface area is 184 Å². The molecule has 3 aliphatic rings. The van der Waals surface area contributed by atoms with E-state index >= 15 is 0 Å². The Kier molecular flexibility index (Phi) is 4.49. The van der Waals surface area contributed by atoms with Crippen LogP contribution in [0.2, 0.25) is 0 Å². The maximum atomic E-state index is 13.8. The van der Waals surface area contributed by atoms with Gasteiger partial charge >= 0.3 is 5.97 Å². The summed E-state index contributed by atoms with van der Waals surface area (Å²) in [5.41, 5.74) is 2.75. The third kappa shape index (κ3) is 3.39. The summed E-state index contributed by atoms with van der Waals surface area (Å²) in [7, 11) is 0. The molecule has 0 bridgehead atoms. The number of carbonyl (C=O) groups is 2. The van der Waals surface area contributed by atoms with Gasteiger partial charge in [0.25, 0.3) is 5.91 Å². The number of fused-ring (bicyclic) bond motifs is 1. The molecule has 0 radical (unpaired) electrons. The fourth-order valence-corrected chi connectivity index (χ4v) is 4.27. The van der Waals surface area contributed by atoms with Gasteiger partial charge in [0.05, 0.1) is 5.57 Å². The number of ether oxygens (including phenoxy) is 1. The summed E-state index contributed by atoms with van der Waals surface area (Å²) < 4.78 is 20.0. The van der Waals surface area contributed by atoms with Crippen LogP contribution in [0.3, 0.4) is 0 Å². The maximum absolute atomic E-state index is 13.8. The van der Waals surface area contributed by atoms with E-state index in [0.29, 0.717) is 42.0 Å². The van der Waals surface area contributed by atoms with Crippen LogP contribution in [0, 0.1) is 5.82 Å². The van der Waals surface area contributed by atoms with Gasteiger partial charge in [0.1, 0.15) is 22.7 Å². The van der Waals surface area contributed by atoms with E-state index in [-0.39, 0.29) is 5.91 Å². The van der Waals surface area contributed by atoms with Crippen molar-refractivity contribution in [1.82, 2.24) is 5.32 Å². The molecule has 32 heavy (non-hydrogen) atoms. The molecule has 2 heterocycles. The van der Waals surface area contributed by atoms with E-state index in [9.17, 15) is 19.1 Å². The quantitative estimate of drug-likeness (QED) is 0.617. The van der Waals surface area contributed by atoms with Gasteiger partial charge in [0, 0.05) is 23.4 Å². The van der Waals surface area contributed by atoms with E-state index in [2.05, 4.69) is 10.6 Å². The van der Waals surface area contributed by atoms with Crippen LogP contribution in [-0.4, -0.2) is 28.1 Å². The van der Waals surface area contributed by atoms with E-state index < -0.39 is 22.9 Å². The van der Waals surface area contributed by atoms with Gasteiger partial charge in [0.15, 0.2) is 0 Å². The number of rotatable bonds is 5. The average molecular weight is 434 g/mol. The lowest BCUT2D eigenvalue weighted by atomic mass is 9.91. The van der Waals surface area contributed by atoms with Crippen molar-refractivity contribution in [2.45, 2.75) is 44.4 Å². The van der Waals surface area contributed by atoms with Crippen LogP contribution in [0.5, 0.6) is 0 Å². The van der Waals surface area contributed by atoms with Crippen molar-refractivity contribution < 1.29 is 23.8 Å². The summed E-state index contributed by atoms with van der Waals surface area (Å²) in [5, 5.41) is 15.2. The third-order valence-electron chi connectivity index (χ3n) is 6.32. The lowest BCUT2D eigenvalue weighted by Crippen LogP contribution is -2.38. The number of aliphatic carboxylic acids is 1. The molecule has 0 saturated heterocycles. The Balaban J connectivity index is 1.43.